The van der Waals surface area contributed by atoms with E-state index >= 15 is 0 Å². The average Bonchev–Trinajstić information content (AvgIpc) is 2.61. The van der Waals surface area contributed by atoms with Gasteiger partial charge in [-0.25, -0.2) is 8.42 Å². The summed E-state index contributed by atoms with van der Waals surface area (Å²) in [6, 6.07) is 0. The Labute approximate surface area is 73.1 Å². The maximum Gasteiger partial charge on any atom is 0.235 e. The molecule has 3 nitrogen and oxygen atoms in total. The normalized spacial score (nSPS) is 27.7. The monoisotopic (exact) mass is 187 g/mol. The summed E-state index contributed by atoms with van der Waals surface area (Å²) in [6.45, 7) is 4.73. The van der Waals surface area contributed by atoms with Crippen LogP contribution in [0, 0.1) is 5.41 Å². The molecule has 2 rings (SSSR count). The summed E-state index contributed by atoms with van der Waals surface area (Å²) in [5, 5.41) is 1.05. The van der Waals surface area contributed by atoms with Gasteiger partial charge in [0.1, 0.15) is 0 Å². The van der Waals surface area contributed by atoms with E-state index in [1.807, 2.05) is 0 Å². The number of rotatable bonds is 2. The molecular formula is C8H13NO2S. The number of nitrogens with zero attached hydrogens (tertiary/aromatic N) is 1. The average molecular weight is 187 g/mol. The lowest BCUT2D eigenvalue weighted by atomic mass is 10.1. The van der Waals surface area contributed by atoms with Crippen LogP contribution in [0.15, 0.2) is 12.0 Å². The second-order valence-electron chi connectivity index (χ2n) is 3.80. The van der Waals surface area contributed by atoms with Crippen molar-refractivity contribution in [3.63, 3.8) is 0 Å². The molecule has 68 valence electrons. The van der Waals surface area contributed by atoms with Crippen molar-refractivity contribution in [1.29, 1.82) is 0 Å². The van der Waals surface area contributed by atoms with Crippen LogP contribution in [0.5, 0.6) is 0 Å². The summed E-state index contributed by atoms with van der Waals surface area (Å²) >= 11 is 0. The van der Waals surface area contributed by atoms with E-state index in [9.17, 15) is 8.42 Å². The maximum atomic E-state index is 11.3. The third kappa shape index (κ3) is 1.19. The molecule has 1 spiro atoms. The van der Waals surface area contributed by atoms with Gasteiger partial charge in [0.05, 0.1) is 0 Å². The van der Waals surface area contributed by atoms with Crippen LogP contribution in [-0.2, 0) is 10.0 Å². The van der Waals surface area contributed by atoms with Crippen LogP contribution in [0.2, 0.25) is 0 Å². The SMILES string of the molecule is C=CS(=O)(=O)N1CCC2(CC2)C1. The van der Waals surface area contributed by atoms with E-state index < -0.39 is 10.0 Å². The highest BCUT2D eigenvalue weighted by Gasteiger charge is 2.49. The van der Waals surface area contributed by atoms with Crippen LogP contribution < -0.4 is 0 Å². The summed E-state index contributed by atoms with van der Waals surface area (Å²) in [5.74, 6) is 0. The number of hydrogen-bond donors (Lipinski definition) is 0. The molecule has 0 bridgehead atoms. The van der Waals surface area contributed by atoms with Gasteiger partial charge >= 0.3 is 0 Å². The third-order valence-corrected chi connectivity index (χ3v) is 4.38. The van der Waals surface area contributed by atoms with Crippen molar-refractivity contribution < 1.29 is 8.42 Å². The van der Waals surface area contributed by atoms with Gasteiger partial charge in [-0.1, -0.05) is 6.58 Å². The molecule has 0 aromatic carbocycles. The maximum absolute atomic E-state index is 11.3. The van der Waals surface area contributed by atoms with Gasteiger partial charge in [0, 0.05) is 18.5 Å². The van der Waals surface area contributed by atoms with Gasteiger partial charge in [0.2, 0.25) is 10.0 Å². The van der Waals surface area contributed by atoms with Crippen molar-refractivity contribution >= 4 is 10.0 Å². The molecule has 1 aliphatic carbocycles. The van der Waals surface area contributed by atoms with E-state index in [1.54, 1.807) is 4.31 Å². The lowest BCUT2D eigenvalue weighted by Crippen LogP contribution is -2.26. The highest BCUT2D eigenvalue weighted by molar-refractivity contribution is 7.92. The summed E-state index contributed by atoms with van der Waals surface area (Å²) < 4.78 is 24.2. The minimum atomic E-state index is -3.13. The minimum Gasteiger partial charge on any atom is -0.208 e. The Morgan fingerprint density at radius 2 is 2.00 bits per heavy atom. The van der Waals surface area contributed by atoms with Gasteiger partial charge in [-0.15, -0.1) is 0 Å². The van der Waals surface area contributed by atoms with Gasteiger partial charge in [-0.05, 0) is 24.7 Å². The molecule has 4 heteroatoms. The summed E-state index contributed by atoms with van der Waals surface area (Å²) in [6.07, 6.45) is 3.45. The summed E-state index contributed by atoms with van der Waals surface area (Å²) in [7, 11) is -3.13. The van der Waals surface area contributed by atoms with Crippen LogP contribution in [-0.4, -0.2) is 25.8 Å². The number of sulfonamides is 1. The van der Waals surface area contributed by atoms with Crippen LogP contribution in [0.4, 0.5) is 0 Å². The molecule has 0 amide bonds. The standard InChI is InChI=1S/C8H13NO2S/c1-2-12(10,11)9-6-5-8(7-9)3-4-8/h2H,1,3-7H2. The Bertz CT molecular complexity index is 303. The lowest BCUT2D eigenvalue weighted by Gasteiger charge is -2.12. The third-order valence-electron chi connectivity index (χ3n) is 2.93. The van der Waals surface area contributed by atoms with Crippen molar-refractivity contribution in [2.75, 3.05) is 13.1 Å². The molecule has 0 aromatic heterocycles. The Morgan fingerprint density at radius 3 is 2.42 bits per heavy atom. The Balaban J connectivity index is 2.13. The van der Waals surface area contributed by atoms with Crippen LogP contribution in [0.3, 0.4) is 0 Å². The van der Waals surface area contributed by atoms with Gasteiger partial charge in [0.25, 0.3) is 0 Å². The van der Waals surface area contributed by atoms with E-state index in [1.165, 1.54) is 12.8 Å². The van der Waals surface area contributed by atoms with Crippen molar-refractivity contribution in [1.82, 2.24) is 4.31 Å². The molecule has 1 saturated heterocycles. The van der Waals surface area contributed by atoms with Gasteiger partial charge in [-0.2, -0.15) is 4.31 Å². The second kappa shape index (κ2) is 2.33. The molecule has 2 aliphatic rings. The topological polar surface area (TPSA) is 37.4 Å². The van der Waals surface area contributed by atoms with E-state index in [0.717, 1.165) is 18.4 Å². The fraction of sp³-hybridized carbons (Fsp3) is 0.750. The van der Waals surface area contributed by atoms with Crippen molar-refractivity contribution in [2.24, 2.45) is 5.41 Å². The first kappa shape index (κ1) is 8.26. The minimum absolute atomic E-state index is 0.371. The largest absolute Gasteiger partial charge is 0.235 e. The molecular weight excluding hydrogens is 174 g/mol. The zero-order chi connectivity index (χ0) is 8.82. The predicted molar refractivity (Wildman–Crippen MR) is 47.0 cm³/mol. The Hall–Kier alpha value is -0.350. The quantitative estimate of drug-likeness (QED) is 0.645. The van der Waals surface area contributed by atoms with Gasteiger partial charge in [0.15, 0.2) is 0 Å². The molecule has 2 fully saturated rings. The predicted octanol–water partition coefficient (Wildman–Crippen LogP) is 0.946. The van der Waals surface area contributed by atoms with Crippen molar-refractivity contribution in [3.05, 3.63) is 12.0 Å². The zero-order valence-electron chi connectivity index (χ0n) is 6.99. The smallest absolute Gasteiger partial charge is 0.208 e. The van der Waals surface area contributed by atoms with E-state index in [-0.39, 0.29) is 0 Å². The summed E-state index contributed by atoms with van der Waals surface area (Å²) in [4.78, 5) is 0. The molecule has 0 aromatic rings. The molecule has 1 aliphatic heterocycles. The van der Waals surface area contributed by atoms with E-state index in [4.69, 9.17) is 0 Å². The molecule has 12 heavy (non-hydrogen) atoms. The lowest BCUT2D eigenvalue weighted by molar-refractivity contribution is 0.458. The fourth-order valence-electron chi connectivity index (χ4n) is 1.80. The molecule has 0 unspecified atom stereocenters. The van der Waals surface area contributed by atoms with E-state index in [0.29, 0.717) is 12.0 Å². The van der Waals surface area contributed by atoms with Gasteiger partial charge < -0.3 is 0 Å². The van der Waals surface area contributed by atoms with Crippen molar-refractivity contribution in [3.8, 4) is 0 Å². The first-order valence-corrected chi connectivity index (χ1v) is 5.71. The highest BCUT2D eigenvalue weighted by Crippen LogP contribution is 2.53. The van der Waals surface area contributed by atoms with Gasteiger partial charge in [-0.3, -0.25) is 0 Å². The molecule has 0 N–H and O–H groups in total. The second-order valence-corrected chi connectivity index (χ2v) is 5.67. The van der Waals surface area contributed by atoms with E-state index in [2.05, 4.69) is 6.58 Å². The molecule has 1 heterocycles. The van der Waals surface area contributed by atoms with Crippen molar-refractivity contribution in [2.45, 2.75) is 19.3 Å². The summed E-state index contributed by atoms with van der Waals surface area (Å²) in [5.41, 5.74) is 0.371. The molecule has 1 saturated carbocycles. The number of hydrogen-bond acceptors (Lipinski definition) is 2. The molecule has 0 atom stereocenters. The highest BCUT2D eigenvalue weighted by atomic mass is 32.2. The van der Waals surface area contributed by atoms with Crippen LogP contribution in [0.1, 0.15) is 19.3 Å². The first-order valence-electron chi connectivity index (χ1n) is 4.21. The first-order chi connectivity index (χ1) is 5.58. The van der Waals surface area contributed by atoms with Crippen LogP contribution >= 0.6 is 0 Å². The Kier molecular flexibility index (Phi) is 1.60. The zero-order valence-corrected chi connectivity index (χ0v) is 7.81. The molecule has 0 radical (unpaired) electrons. The Morgan fingerprint density at radius 1 is 1.33 bits per heavy atom. The van der Waals surface area contributed by atoms with Crippen LogP contribution in [0.25, 0.3) is 0 Å². The fourth-order valence-corrected chi connectivity index (χ4v) is 2.81.